The third kappa shape index (κ3) is 6.44. The average Bonchev–Trinajstić information content (AvgIpc) is 3.13. The van der Waals surface area contributed by atoms with E-state index in [0.717, 1.165) is 28.2 Å². The quantitative estimate of drug-likeness (QED) is 0.174. The molecule has 0 aliphatic carbocycles. The van der Waals surface area contributed by atoms with Crippen molar-refractivity contribution in [3.63, 3.8) is 0 Å². The van der Waals surface area contributed by atoms with Crippen LogP contribution < -0.4 is 0 Å². The Labute approximate surface area is 198 Å². The van der Waals surface area contributed by atoms with Crippen LogP contribution in [0.15, 0.2) is 65.6 Å². The van der Waals surface area contributed by atoms with Gasteiger partial charge in [0.2, 0.25) is 0 Å². The number of carbonyl (C=O) groups is 1. The molecule has 0 saturated heterocycles. The van der Waals surface area contributed by atoms with Crippen LogP contribution in [0.1, 0.15) is 24.1 Å². The number of hydrogen-bond acceptors (Lipinski definition) is 7. The van der Waals surface area contributed by atoms with Crippen LogP contribution in [0.2, 0.25) is 0 Å². The Kier molecular flexibility index (Phi) is 8.06. The first-order valence-electron chi connectivity index (χ1n) is 10.7. The van der Waals surface area contributed by atoms with Crippen molar-refractivity contribution in [2.75, 3.05) is 19.5 Å². The summed E-state index contributed by atoms with van der Waals surface area (Å²) in [5.41, 5.74) is 4.66. The van der Waals surface area contributed by atoms with Gasteiger partial charge in [0.15, 0.2) is 9.84 Å². The number of carbonyl (C=O) groups excluding carboxylic acids is 1. The van der Waals surface area contributed by atoms with Gasteiger partial charge in [0.1, 0.15) is 0 Å². The summed E-state index contributed by atoms with van der Waals surface area (Å²) >= 11 is 0. The van der Waals surface area contributed by atoms with Crippen molar-refractivity contribution < 1.29 is 27.9 Å². The standard InChI is InChI=1S/C24H26N2O7S/c1-18-20(14-16-32-24(27)9-6-15-33-26(28)29)17-23(25(18)21-7-4-3-5-8-21)19-10-12-22(13-11-19)34(2,30)31/h3-5,7-8,10-13,17H,6,9,14-16H2,1-2H3. The number of nitrogens with zero attached hydrogens (tertiary/aromatic N) is 2. The van der Waals surface area contributed by atoms with Gasteiger partial charge in [-0.05, 0) is 54.8 Å². The Hall–Kier alpha value is -3.66. The molecular weight excluding hydrogens is 460 g/mol. The minimum atomic E-state index is -3.30. The van der Waals surface area contributed by atoms with Gasteiger partial charge in [0.05, 0.1) is 23.8 Å². The molecule has 0 atom stereocenters. The van der Waals surface area contributed by atoms with E-state index in [0.29, 0.717) is 6.42 Å². The molecular formula is C24H26N2O7S. The number of para-hydroxylation sites is 1. The summed E-state index contributed by atoms with van der Waals surface area (Å²) in [4.78, 5) is 26.5. The van der Waals surface area contributed by atoms with Gasteiger partial charge in [-0.3, -0.25) is 4.79 Å². The van der Waals surface area contributed by atoms with Crippen molar-refractivity contribution >= 4 is 15.8 Å². The topological polar surface area (TPSA) is 118 Å². The fraction of sp³-hybridized carbons (Fsp3) is 0.292. The summed E-state index contributed by atoms with van der Waals surface area (Å²) < 4.78 is 31.0. The smallest absolute Gasteiger partial charge is 0.305 e. The molecule has 3 aromatic rings. The van der Waals surface area contributed by atoms with E-state index in [1.165, 1.54) is 6.26 Å². The molecule has 10 heteroatoms. The van der Waals surface area contributed by atoms with E-state index in [2.05, 4.69) is 9.40 Å². The molecule has 1 heterocycles. The molecule has 3 rings (SSSR count). The number of sulfone groups is 1. The molecule has 1 aromatic heterocycles. The number of hydrogen-bond donors (Lipinski definition) is 0. The van der Waals surface area contributed by atoms with Gasteiger partial charge < -0.3 is 14.1 Å². The van der Waals surface area contributed by atoms with Crippen molar-refractivity contribution in [2.45, 2.75) is 31.1 Å². The minimum Gasteiger partial charge on any atom is -0.465 e. The molecule has 0 bridgehead atoms. The maximum atomic E-state index is 11.9. The number of rotatable bonds is 11. The molecule has 0 N–H and O–H groups in total. The lowest BCUT2D eigenvalue weighted by molar-refractivity contribution is -0.757. The fourth-order valence-electron chi connectivity index (χ4n) is 3.61. The van der Waals surface area contributed by atoms with Crippen molar-refractivity contribution in [1.82, 2.24) is 4.57 Å². The molecule has 2 aromatic carbocycles. The van der Waals surface area contributed by atoms with Crippen molar-refractivity contribution in [2.24, 2.45) is 0 Å². The van der Waals surface area contributed by atoms with Crippen LogP contribution >= 0.6 is 0 Å². The second-order valence-corrected chi connectivity index (χ2v) is 9.75. The molecule has 9 nitrogen and oxygen atoms in total. The number of esters is 1. The third-order valence-corrected chi connectivity index (χ3v) is 6.43. The monoisotopic (exact) mass is 486 g/mol. The molecule has 0 unspecified atom stereocenters. The van der Waals surface area contributed by atoms with Crippen LogP contribution in [0.3, 0.4) is 0 Å². The normalized spacial score (nSPS) is 11.2. The zero-order valence-corrected chi connectivity index (χ0v) is 19.8. The van der Waals surface area contributed by atoms with Crippen LogP contribution in [0.4, 0.5) is 0 Å². The lowest BCUT2D eigenvalue weighted by Gasteiger charge is -2.13. The van der Waals surface area contributed by atoms with E-state index in [-0.39, 0.29) is 31.0 Å². The van der Waals surface area contributed by atoms with E-state index in [9.17, 15) is 23.3 Å². The predicted molar refractivity (Wildman–Crippen MR) is 126 cm³/mol. The zero-order valence-electron chi connectivity index (χ0n) is 19.0. The molecule has 34 heavy (non-hydrogen) atoms. The molecule has 0 fully saturated rings. The first-order chi connectivity index (χ1) is 16.2. The van der Waals surface area contributed by atoms with Gasteiger partial charge in [0, 0.05) is 30.5 Å². The highest BCUT2D eigenvalue weighted by Gasteiger charge is 2.16. The Morgan fingerprint density at radius 2 is 1.74 bits per heavy atom. The zero-order chi connectivity index (χ0) is 24.7. The van der Waals surface area contributed by atoms with Gasteiger partial charge in [-0.1, -0.05) is 30.3 Å². The lowest BCUT2D eigenvalue weighted by atomic mass is 10.1. The van der Waals surface area contributed by atoms with E-state index in [1.54, 1.807) is 24.3 Å². The molecule has 0 saturated carbocycles. The Morgan fingerprint density at radius 1 is 1.06 bits per heavy atom. The summed E-state index contributed by atoms with van der Waals surface area (Å²) in [6.07, 6.45) is 1.90. The van der Waals surface area contributed by atoms with E-state index in [4.69, 9.17) is 4.74 Å². The summed E-state index contributed by atoms with van der Waals surface area (Å²) in [5, 5.41) is 9.25. The van der Waals surface area contributed by atoms with Gasteiger partial charge >= 0.3 is 5.97 Å². The van der Waals surface area contributed by atoms with E-state index < -0.39 is 20.9 Å². The molecule has 0 spiro atoms. The van der Waals surface area contributed by atoms with E-state index >= 15 is 0 Å². The number of ether oxygens (including phenoxy) is 1. The largest absolute Gasteiger partial charge is 0.465 e. The van der Waals surface area contributed by atoms with Gasteiger partial charge in [-0.15, -0.1) is 10.1 Å². The molecule has 0 aliphatic heterocycles. The van der Waals surface area contributed by atoms with Crippen LogP contribution in [0.25, 0.3) is 16.9 Å². The summed E-state index contributed by atoms with van der Waals surface area (Å²) in [7, 11) is -3.30. The second kappa shape index (κ2) is 11.0. The highest BCUT2D eigenvalue weighted by molar-refractivity contribution is 7.90. The predicted octanol–water partition coefficient (Wildman–Crippen LogP) is 3.93. The van der Waals surface area contributed by atoms with Crippen molar-refractivity contribution in [3.05, 3.63) is 82.0 Å². The first kappa shape index (κ1) is 25.0. The molecule has 180 valence electrons. The van der Waals surface area contributed by atoms with Crippen LogP contribution in [0, 0.1) is 17.0 Å². The summed E-state index contributed by atoms with van der Waals surface area (Å²) in [6.45, 7) is 2.00. The minimum absolute atomic E-state index is 0.0375. The summed E-state index contributed by atoms with van der Waals surface area (Å²) in [5.74, 6) is -0.441. The Balaban J connectivity index is 1.78. The second-order valence-electron chi connectivity index (χ2n) is 7.74. The van der Waals surface area contributed by atoms with Gasteiger partial charge in [-0.2, -0.15) is 0 Å². The highest BCUT2D eigenvalue weighted by atomic mass is 32.2. The maximum absolute atomic E-state index is 11.9. The van der Waals surface area contributed by atoms with Gasteiger partial charge in [0.25, 0.3) is 5.09 Å². The number of benzene rings is 2. The molecule has 0 radical (unpaired) electrons. The van der Waals surface area contributed by atoms with Crippen LogP contribution in [0.5, 0.6) is 0 Å². The first-order valence-corrected chi connectivity index (χ1v) is 12.6. The SMILES string of the molecule is Cc1c(CCOC(=O)CCCO[N+](=O)[O-])cc(-c2ccc(S(C)(=O)=O)cc2)n1-c1ccccc1. The lowest BCUT2D eigenvalue weighted by Crippen LogP contribution is -2.10. The molecule has 0 amide bonds. The van der Waals surface area contributed by atoms with E-state index in [1.807, 2.05) is 43.3 Å². The number of aromatic nitrogens is 1. The van der Waals surface area contributed by atoms with Crippen molar-refractivity contribution in [3.8, 4) is 16.9 Å². The molecule has 0 aliphatic rings. The van der Waals surface area contributed by atoms with Gasteiger partial charge in [-0.25, -0.2) is 8.42 Å². The fourth-order valence-corrected chi connectivity index (χ4v) is 4.24. The average molecular weight is 487 g/mol. The van der Waals surface area contributed by atoms with Crippen molar-refractivity contribution in [1.29, 1.82) is 0 Å². The Bertz CT molecular complexity index is 1250. The maximum Gasteiger partial charge on any atom is 0.305 e. The highest BCUT2D eigenvalue weighted by Crippen LogP contribution is 2.30. The summed E-state index contributed by atoms with van der Waals surface area (Å²) in [6, 6.07) is 18.5. The van der Waals surface area contributed by atoms with Crippen LogP contribution in [-0.4, -0.2) is 43.5 Å². The Morgan fingerprint density at radius 3 is 2.35 bits per heavy atom. The third-order valence-electron chi connectivity index (χ3n) is 5.30. The van der Waals surface area contributed by atoms with Crippen LogP contribution in [-0.2, 0) is 30.6 Å².